The maximum atomic E-state index is 12.8. The van der Waals surface area contributed by atoms with Crippen molar-refractivity contribution in [1.29, 1.82) is 0 Å². The third-order valence-corrected chi connectivity index (χ3v) is 3.21. The first kappa shape index (κ1) is 11.2. The average Bonchev–Trinajstić information content (AvgIpc) is 3.14. The van der Waals surface area contributed by atoms with Crippen molar-refractivity contribution >= 4 is 5.95 Å². The van der Waals surface area contributed by atoms with E-state index in [-0.39, 0.29) is 5.82 Å². The minimum Gasteiger partial charge on any atom is -0.350 e. The van der Waals surface area contributed by atoms with Gasteiger partial charge in [-0.2, -0.15) is 0 Å². The maximum Gasteiger partial charge on any atom is 0.224 e. The number of hydrogen-bond acceptors (Lipinski definition) is 3. The number of rotatable bonds is 4. The quantitative estimate of drug-likeness (QED) is 0.901. The average molecular weight is 246 g/mol. The van der Waals surface area contributed by atoms with Crippen molar-refractivity contribution in [2.24, 2.45) is 7.05 Å². The van der Waals surface area contributed by atoms with Crippen LogP contribution >= 0.6 is 0 Å². The molecular weight excluding hydrogens is 231 g/mol. The van der Waals surface area contributed by atoms with E-state index in [0.29, 0.717) is 12.5 Å². The van der Waals surface area contributed by atoms with Gasteiger partial charge in [-0.15, -0.1) is 10.2 Å². The third-order valence-electron chi connectivity index (χ3n) is 3.21. The molecule has 4 nitrogen and oxygen atoms in total. The molecule has 1 saturated carbocycles. The molecular formula is C13H15FN4. The molecule has 1 aliphatic carbocycles. The summed E-state index contributed by atoms with van der Waals surface area (Å²) in [4.78, 5) is 0. The Morgan fingerprint density at radius 1 is 1.28 bits per heavy atom. The Labute approximate surface area is 105 Å². The Hall–Kier alpha value is -1.91. The van der Waals surface area contributed by atoms with Gasteiger partial charge in [-0.3, -0.25) is 0 Å². The van der Waals surface area contributed by atoms with E-state index in [0.717, 1.165) is 17.3 Å². The lowest BCUT2D eigenvalue weighted by Gasteiger charge is -2.06. The molecule has 1 aromatic carbocycles. The van der Waals surface area contributed by atoms with Crippen molar-refractivity contribution < 1.29 is 4.39 Å². The zero-order valence-electron chi connectivity index (χ0n) is 10.2. The molecule has 1 heterocycles. The van der Waals surface area contributed by atoms with Crippen LogP contribution in [-0.4, -0.2) is 14.8 Å². The van der Waals surface area contributed by atoms with Crippen LogP contribution in [-0.2, 0) is 13.6 Å². The topological polar surface area (TPSA) is 42.7 Å². The second-order valence-corrected chi connectivity index (χ2v) is 4.70. The van der Waals surface area contributed by atoms with E-state index < -0.39 is 0 Å². The summed E-state index contributed by atoms with van der Waals surface area (Å²) in [7, 11) is 1.97. The highest BCUT2D eigenvalue weighted by Crippen LogP contribution is 2.39. The highest BCUT2D eigenvalue weighted by atomic mass is 19.1. The van der Waals surface area contributed by atoms with Crippen LogP contribution in [0.5, 0.6) is 0 Å². The highest BCUT2D eigenvalue weighted by molar-refractivity contribution is 5.30. The molecule has 0 amide bonds. The molecule has 1 aromatic heterocycles. The molecule has 3 rings (SSSR count). The number of aromatic nitrogens is 3. The SMILES string of the molecule is Cn1c(NCc2ccc(F)cc2)nnc1C1CC1. The second-order valence-electron chi connectivity index (χ2n) is 4.70. The Bertz CT molecular complexity index is 543. The lowest BCUT2D eigenvalue weighted by molar-refractivity contribution is 0.627. The van der Waals surface area contributed by atoms with Crippen molar-refractivity contribution in [3.05, 3.63) is 41.5 Å². The van der Waals surface area contributed by atoms with Crippen LogP contribution in [0.25, 0.3) is 0 Å². The molecule has 0 radical (unpaired) electrons. The summed E-state index contributed by atoms with van der Waals surface area (Å²) in [6.07, 6.45) is 2.42. The van der Waals surface area contributed by atoms with Gasteiger partial charge < -0.3 is 9.88 Å². The minimum absolute atomic E-state index is 0.214. The highest BCUT2D eigenvalue weighted by Gasteiger charge is 2.29. The van der Waals surface area contributed by atoms with Crippen molar-refractivity contribution in [1.82, 2.24) is 14.8 Å². The number of nitrogens with one attached hydrogen (secondary N) is 1. The van der Waals surface area contributed by atoms with E-state index in [2.05, 4.69) is 15.5 Å². The van der Waals surface area contributed by atoms with Crippen molar-refractivity contribution in [2.45, 2.75) is 25.3 Å². The Morgan fingerprint density at radius 2 is 2.00 bits per heavy atom. The number of anilines is 1. The lowest BCUT2D eigenvalue weighted by Crippen LogP contribution is -2.06. The fraction of sp³-hybridized carbons (Fsp3) is 0.385. The number of benzene rings is 1. The molecule has 18 heavy (non-hydrogen) atoms. The van der Waals surface area contributed by atoms with Crippen LogP contribution in [0.15, 0.2) is 24.3 Å². The van der Waals surface area contributed by atoms with Gasteiger partial charge >= 0.3 is 0 Å². The summed E-state index contributed by atoms with van der Waals surface area (Å²) in [6, 6.07) is 6.45. The van der Waals surface area contributed by atoms with E-state index in [1.807, 2.05) is 11.6 Å². The lowest BCUT2D eigenvalue weighted by atomic mass is 10.2. The van der Waals surface area contributed by atoms with Crippen molar-refractivity contribution in [3.63, 3.8) is 0 Å². The second kappa shape index (κ2) is 4.40. The molecule has 0 bridgehead atoms. The molecule has 0 spiro atoms. The maximum absolute atomic E-state index is 12.8. The van der Waals surface area contributed by atoms with Crippen molar-refractivity contribution in [2.75, 3.05) is 5.32 Å². The van der Waals surface area contributed by atoms with Crippen LogP contribution < -0.4 is 5.32 Å². The summed E-state index contributed by atoms with van der Waals surface area (Å²) in [5, 5.41) is 11.6. The van der Waals surface area contributed by atoms with Gasteiger partial charge in [0.1, 0.15) is 11.6 Å². The molecule has 94 valence electrons. The summed E-state index contributed by atoms with van der Waals surface area (Å²) in [6.45, 7) is 0.622. The molecule has 2 aromatic rings. The predicted octanol–water partition coefficient (Wildman–Crippen LogP) is 2.44. The summed E-state index contributed by atoms with van der Waals surface area (Å²) in [5.41, 5.74) is 1.02. The molecule has 5 heteroatoms. The first-order valence-electron chi connectivity index (χ1n) is 6.11. The van der Waals surface area contributed by atoms with Crippen LogP contribution in [0.4, 0.5) is 10.3 Å². The van der Waals surface area contributed by atoms with Gasteiger partial charge in [0.25, 0.3) is 0 Å². The van der Waals surface area contributed by atoms with E-state index in [1.165, 1.54) is 25.0 Å². The van der Waals surface area contributed by atoms with E-state index >= 15 is 0 Å². The zero-order valence-corrected chi connectivity index (χ0v) is 10.2. The van der Waals surface area contributed by atoms with Gasteiger partial charge in [0, 0.05) is 19.5 Å². The minimum atomic E-state index is -0.214. The fourth-order valence-corrected chi connectivity index (χ4v) is 1.98. The normalized spacial score (nSPS) is 14.8. The first-order chi connectivity index (χ1) is 8.74. The zero-order chi connectivity index (χ0) is 12.5. The van der Waals surface area contributed by atoms with Crippen LogP contribution in [0.2, 0.25) is 0 Å². The number of nitrogens with zero attached hydrogens (tertiary/aromatic N) is 3. The van der Waals surface area contributed by atoms with E-state index in [1.54, 1.807) is 12.1 Å². The van der Waals surface area contributed by atoms with Crippen molar-refractivity contribution in [3.8, 4) is 0 Å². The van der Waals surface area contributed by atoms with Gasteiger partial charge in [-0.05, 0) is 30.5 Å². The number of hydrogen-bond donors (Lipinski definition) is 1. The Kier molecular flexibility index (Phi) is 2.74. The van der Waals surface area contributed by atoms with Crippen LogP contribution in [0.3, 0.4) is 0 Å². The fourth-order valence-electron chi connectivity index (χ4n) is 1.98. The molecule has 1 N–H and O–H groups in total. The molecule has 1 fully saturated rings. The molecule has 1 aliphatic rings. The standard InChI is InChI=1S/C13H15FN4/c1-18-12(10-4-5-10)16-17-13(18)15-8-9-2-6-11(14)7-3-9/h2-3,6-7,10H,4-5,8H2,1H3,(H,15,17). The molecule has 0 unspecified atom stereocenters. The largest absolute Gasteiger partial charge is 0.350 e. The summed E-state index contributed by atoms with van der Waals surface area (Å²) in [5.74, 6) is 2.19. The van der Waals surface area contributed by atoms with Gasteiger partial charge in [-0.1, -0.05) is 12.1 Å². The molecule has 0 atom stereocenters. The van der Waals surface area contributed by atoms with Gasteiger partial charge in [0.2, 0.25) is 5.95 Å². The van der Waals surface area contributed by atoms with E-state index in [4.69, 9.17) is 0 Å². The molecule has 0 aliphatic heterocycles. The van der Waals surface area contributed by atoms with Gasteiger partial charge in [0.15, 0.2) is 0 Å². The van der Waals surface area contributed by atoms with Gasteiger partial charge in [-0.25, -0.2) is 4.39 Å². The predicted molar refractivity (Wildman–Crippen MR) is 66.7 cm³/mol. The summed E-state index contributed by atoms with van der Waals surface area (Å²) < 4.78 is 14.8. The third kappa shape index (κ3) is 2.20. The first-order valence-corrected chi connectivity index (χ1v) is 6.11. The monoisotopic (exact) mass is 246 g/mol. The van der Waals surface area contributed by atoms with Gasteiger partial charge in [0.05, 0.1) is 0 Å². The molecule has 0 saturated heterocycles. The smallest absolute Gasteiger partial charge is 0.224 e. The van der Waals surface area contributed by atoms with Crippen LogP contribution in [0, 0.1) is 5.82 Å². The summed E-state index contributed by atoms with van der Waals surface area (Å²) >= 11 is 0. The van der Waals surface area contributed by atoms with E-state index in [9.17, 15) is 4.39 Å². The Balaban J connectivity index is 1.67. The van der Waals surface area contributed by atoms with Crippen LogP contribution in [0.1, 0.15) is 30.1 Å². The Morgan fingerprint density at radius 3 is 2.67 bits per heavy atom. The number of halogens is 1.